The average molecular weight is 663 g/mol. The van der Waals surface area contributed by atoms with Gasteiger partial charge < -0.3 is 10.1 Å². The van der Waals surface area contributed by atoms with Gasteiger partial charge in [0.25, 0.3) is 0 Å². The Balaban J connectivity index is 1.98. The number of ketones is 1. The number of benzene rings is 2. The predicted octanol–water partition coefficient (Wildman–Crippen LogP) is 9.77. The van der Waals surface area contributed by atoms with Gasteiger partial charge in [-0.3, -0.25) is 4.79 Å². The minimum atomic E-state index is -5.17. The topological polar surface area (TPSA) is 55.4 Å². The summed E-state index contributed by atoms with van der Waals surface area (Å²) in [6, 6.07) is 3.28. The Bertz CT molecular complexity index is 1490. The first-order valence-corrected chi connectivity index (χ1v) is 13.2. The van der Waals surface area contributed by atoms with E-state index in [4.69, 9.17) is 34.8 Å². The van der Waals surface area contributed by atoms with Crippen molar-refractivity contribution < 1.29 is 45.1 Å². The molecule has 3 aromatic rings. The third-order valence-corrected chi connectivity index (χ3v) is 7.98. The van der Waals surface area contributed by atoms with Gasteiger partial charge in [-0.05, 0) is 47.7 Å². The molecule has 0 saturated heterocycles. The molecular weight excluding hydrogens is 646 g/mol. The van der Waals surface area contributed by atoms with Gasteiger partial charge in [0.05, 0.1) is 40.0 Å². The molecule has 0 radical (unpaired) electrons. The third-order valence-electron chi connectivity index (χ3n) is 5.70. The highest BCUT2D eigenvalue weighted by atomic mass is 35.5. The molecule has 1 heterocycles. The number of allylic oxidation sites excluding steroid dienone is 1. The molecule has 0 spiro atoms. The largest absolute Gasteiger partial charge is 0.465 e. The molecule has 4 nitrogen and oxygen atoms in total. The number of hydrogen-bond acceptors (Lipinski definition) is 5. The van der Waals surface area contributed by atoms with Crippen LogP contribution in [0.4, 0.5) is 36.4 Å². The van der Waals surface area contributed by atoms with E-state index < -0.39 is 64.6 Å². The van der Waals surface area contributed by atoms with Gasteiger partial charge in [-0.15, -0.1) is 11.3 Å². The van der Waals surface area contributed by atoms with Crippen molar-refractivity contribution >= 4 is 69.4 Å². The molecule has 41 heavy (non-hydrogen) atoms. The van der Waals surface area contributed by atoms with Crippen LogP contribution in [0.3, 0.4) is 0 Å². The number of methoxy groups -OCH3 is 1. The van der Waals surface area contributed by atoms with Crippen LogP contribution in [0, 0.1) is 6.92 Å². The molecule has 1 aromatic heterocycles. The number of Topliss-reactive ketones (excluding diaryl/α,β-unsaturated/α-hetero) is 1. The summed E-state index contributed by atoms with van der Waals surface area (Å²) in [5.74, 6) is -6.09. The number of esters is 1. The van der Waals surface area contributed by atoms with Crippen molar-refractivity contribution in [1.82, 2.24) is 0 Å². The highest BCUT2D eigenvalue weighted by Gasteiger charge is 2.41. The van der Waals surface area contributed by atoms with Crippen LogP contribution in [-0.4, -0.2) is 31.6 Å². The zero-order valence-corrected chi connectivity index (χ0v) is 23.8. The van der Waals surface area contributed by atoms with E-state index in [1.54, 1.807) is 12.3 Å². The maximum absolute atomic E-state index is 15.1. The van der Waals surface area contributed by atoms with Crippen LogP contribution in [0.15, 0.2) is 41.8 Å². The van der Waals surface area contributed by atoms with E-state index in [9.17, 15) is 35.9 Å². The molecule has 3 rings (SSSR count). The lowest BCUT2D eigenvalue weighted by atomic mass is 9.95. The van der Waals surface area contributed by atoms with Gasteiger partial charge in [-0.1, -0.05) is 46.9 Å². The summed E-state index contributed by atoms with van der Waals surface area (Å²) in [5.41, 5.74) is -3.17. The summed E-state index contributed by atoms with van der Waals surface area (Å²) in [4.78, 5) is 24.8. The molecule has 220 valence electrons. The number of nitrogens with one attached hydrogen (secondary N) is 1. The number of rotatable bonds is 8. The van der Waals surface area contributed by atoms with Crippen LogP contribution in [-0.2, 0) is 10.9 Å². The summed E-state index contributed by atoms with van der Waals surface area (Å²) in [6.07, 6.45) is -10.2. The molecule has 0 aliphatic rings. The van der Waals surface area contributed by atoms with Gasteiger partial charge in [0.1, 0.15) is 16.6 Å². The molecule has 0 aliphatic heterocycles. The van der Waals surface area contributed by atoms with Crippen molar-refractivity contribution in [3.63, 3.8) is 0 Å². The lowest BCUT2D eigenvalue weighted by molar-refractivity contribution is -0.140. The van der Waals surface area contributed by atoms with E-state index in [1.165, 1.54) is 0 Å². The minimum absolute atomic E-state index is 0.0715. The van der Waals surface area contributed by atoms with Crippen molar-refractivity contribution in [2.24, 2.45) is 0 Å². The molecule has 0 fully saturated rings. The Morgan fingerprint density at radius 1 is 1.05 bits per heavy atom. The Morgan fingerprint density at radius 3 is 2.20 bits per heavy atom. The number of alkyl halides is 6. The van der Waals surface area contributed by atoms with Crippen molar-refractivity contribution in [1.29, 1.82) is 0 Å². The second kappa shape index (κ2) is 12.6. The Kier molecular flexibility index (Phi) is 10.1. The van der Waals surface area contributed by atoms with Crippen LogP contribution in [0.1, 0.15) is 48.2 Å². The van der Waals surface area contributed by atoms with E-state index >= 15 is 4.39 Å². The summed E-state index contributed by atoms with van der Waals surface area (Å²) in [5, 5.41) is 3.27. The molecular formula is C26H17Cl3F7NO3S. The highest BCUT2D eigenvalue weighted by molar-refractivity contribution is 7.12. The lowest BCUT2D eigenvalue weighted by Crippen LogP contribution is -2.21. The number of carbonyl (C=O) groups is 2. The van der Waals surface area contributed by atoms with E-state index in [0.29, 0.717) is 11.6 Å². The Labute approximate surface area is 247 Å². The van der Waals surface area contributed by atoms with Crippen LogP contribution < -0.4 is 5.32 Å². The molecule has 0 aliphatic carbocycles. The van der Waals surface area contributed by atoms with Crippen LogP contribution in [0.25, 0.3) is 5.83 Å². The molecule has 0 amide bonds. The van der Waals surface area contributed by atoms with Gasteiger partial charge >= 0.3 is 18.3 Å². The maximum Gasteiger partial charge on any atom is 0.417 e. The van der Waals surface area contributed by atoms with E-state index in [2.05, 4.69) is 10.1 Å². The second-order valence-corrected chi connectivity index (χ2v) is 10.6. The zero-order valence-electron chi connectivity index (χ0n) is 20.7. The van der Waals surface area contributed by atoms with Crippen molar-refractivity contribution in [3.05, 3.63) is 89.6 Å². The Morgan fingerprint density at radius 2 is 1.66 bits per heavy atom. The summed E-state index contributed by atoms with van der Waals surface area (Å²) >= 11 is 18.4. The number of aryl methyl sites for hydroxylation is 1. The lowest BCUT2D eigenvalue weighted by Gasteiger charge is -2.19. The zero-order chi connectivity index (χ0) is 30.9. The number of ether oxygens (including phenoxy) is 1. The minimum Gasteiger partial charge on any atom is -0.465 e. The summed E-state index contributed by atoms with van der Waals surface area (Å²) in [7, 11) is 1.13. The molecule has 1 N–H and O–H groups in total. The van der Waals surface area contributed by atoms with Crippen LogP contribution >= 0.6 is 46.1 Å². The number of anilines is 1. The first-order valence-electron chi connectivity index (χ1n) is 11.2. The first-order chi connectivity index (χ1) is 18.9. The smallest absolute Gasteiger partial charge is 0.417 e. The van der Waals surface area contributed by atoms with Gasteiger partial charge in [0, 0.05) is 11.1 Å². The van der Waals surface area contributed by atoms with Crippen molar-refractivity contribution in [2.75, 3.05) is 19.0 Å². The predicted molar refractivity (Wildman–Crippen MR) is 144 cm³/mol. The monoisotopic (exact) mass is 661 g/mol. The van der Waals surface area contributed by atoms with Crippen molar-refractivity contribution in [2.45, 2.75) is 25.2 Å². The Hall–Kier alpha value is -2.80. The molecule has 2 aromatic carbocycles. The molecule has 0 saturated carbocycles. The fraction of sp³-hybridized carbons (Fsp3) is 0.231. The fourth-order valence-electron chi connectivity index (χ4n) is 3.72. The SMILES string of the molecule is COC(=O)c1scc(C)c1NCC(=O)c1ccc(/C(F)=C/C(c2cc(Cl)c(Cl)c(Cl)c2)C(F)(F)F)cc1C(F)(F)F. The summed E-state index contributed by atoms with van der Waals surface area (Å²) < 4.78 is 103. The van der Waals surface area contributed by atoms with Crippen molar-refractivity contribution in [3.8, 4) is 0 Å². The molecule has 1 atom stereocenters. The third kappa shape index (κ3) is 7.54. The standard InChI is InChI=1S/C26H17Cl3F7NO3S/c1-11-10-41-23(24(39)40-2)22(11)37-9-20(38)14-4-3-12(5-16(14)26(34,35)36)19(30)8-15(25(31,32)33)13-6-17(27)21(29)18(28)7-13/h3-8,10,15,37H,9H2,1-2H3/b19-8-. The van der Waals surface area contributed by atoms with Crippen LogP contribution in [0.5, 0.6) is 0 Å². The number of hydrogen-bond donors (Lipinski definition) is 1. The molecule has 1 unspecified atom stereocenters. The quantitative estimate of drug-likeness (QED) is 0.113. The van der Waals surface area contributed by atoms with Gasteiger partial charge in [0.15, 0.2) is 5.78 Å². The van der Waals surface area contributed by atoms with Gasteiger partial charge in [-0.25, -0.2) is 9.18 Å². The van der Waals surface area contributed by atoms with Crippen LogP contribution in [0.2, 0.25) is 15.1 Å². The second-order valence-electron chi connectivity index (χ2n) is 8.48. The maximum atomic E-state index is 15.1. The normalized spacial score (nSPS) is 13.2. The number of halogens is 10. The van der Waals surface area contributed by atoms with Gasteiger partial charge in [0.2, 0.25) is 0 Å². The highest BCUT2D eigenvalue weighted by Crippen LogP contribution is 2.43. The van der Waals surface area contributed by atoms with Gasteiger partial charge in [-0.2, -0.15) is 26.3 Å². The van der Waals surface area contributed by atoms with E-state index in [0.717, 1.165) is 36.6 Å². The number of thiophene rings is 1. The average Bonchev–Trinajstić information content (AvgIpc) is 3.26. The summed E-state index contributed by atoms with van der Waals surface area (Å²) in [6.45, 7) is 0.914. The first kappa shape index (κ1) is 32.7. The fourth-order valence-corrected chi connectivity index (χ4v) is 5.27. The van der Waals surface area contributed by atoms with E-state index in [1.807, 2.05) is 0 Å². The number of carbonyl (C=O) groups excluding carboxylic acids is 2. The van der Waals surface area contributed by atoms with E-state index in [-0.39, 0.29) is 37.8 Å². The molecule has 15 heteroatoms. The molecule has 0 bridgehead atoms.